The van der Waals surface area contributed by atoms with E-state index in [1.165, 1.54) is 0 Å². The summed E-state index contributed by atoms with van der Waals surface area (Å²) in [4.78, 5) is 22.8. The van der Waals surface area contributed by atoms with Gasteiger partial charge >= 0.3 is 11.9 Å². The number of hydrogen-bond acceptors (Lipinski definition) is 6. The van der Waals surface area contributed by atoms with Crippen molar-refractivity contribution in [3.63, 3.8) is 0 Å². The fraction of sp³-hybridized carbons (Fsp3) is 0.857. The second kappa shape index (κ2) is 9.70. The Labute approximate surface area is 125 Å². The number of carbonyl (C=O) groups is 2. The van der Waals surface area contributed by atoms with Crippen LogP contribution < -0.4 is 11.1 Å². The van der Waals surface area contributed by atoms with Gasteiger partial charge in [-0.3, -0.25) is 0 Å². The van der Waals surface area contributed by atoms with Crippen LogP contribution in [-0.2, 0) is 14.3 Å². The van der Waals surface area contributed by atoms with Crippen molar-refractivity contribution in [2.45, 2.75) is 52.4 Å². The Hall–Kier alpha value is -1.18. The largest absolute Gasteiger partial charge is 0.478 e. The van der Waals surface area contributed by atoms with Gasteiger partial charge in [0.15, 0.2) is 6.10 Å². The minimum Gasteiger partial charge on any atom is -0.478 e. The van der Waals surface area contributed by atoms with E-state index in [2.05, 4.69) is 5.32 Å². The summed E-state index contributed by atoms with van der Waals surface area (Å²) in [6.07, 6.45) is -2.41. The van der Waals surface area contributed by atoms with Crippen LogP contribution in [0.1, 0.15) is 34.1 Å². The van der Waals surface area contributed by atoms with Gasteiger partial charge in [-0.15, -0.1) is 0 Å². The van der Waals surface area contributed by atoms with Crippen molar-refractivity contribution in [1.82, 2.24) is 5.32 Å². The van der Waals surface area contributed by atoms with Crippen molar-refractivity contribution >= 4 is 11.9 Å². The average Bonchev–Trinajstić information content (AvgIpc) is 2.34. The number of esters is 1. The molecule has 0 aliphatic carbocycles. The predicted octanol–water partition coefficient (Wildman–Crippen LogP) is -0.0373. The normalized spacial score (nSPS) is 15.8. The molecule has 0 heterocycles. The molecule has 0 aliphatic heterocycles. The predicted molar refractivity (Wildman–Crippen MR) is 78.7 cm³/mol. The van der Waals surface area contributed by atoms with Gasteiger partial charge in [-0.1, -0.05) is 27.7 Å². The number of hydrogen-bond donors (Lipinski definition) is 4. The summed E-state index contributed by atoms with van der Waals surface area (Å²) >= 11 is 0. The van der Waals surface area contributed by atoms with Crippen molar-refractivity contribution in [1.29, 1.82) is 0 Å². The van der Waals surface area contributed by atoms with E-state index in [0.29, 0.717) is 18.9 Å². The first-order valence-electron chi connectivity index (χ1n) is 7.22. The summed E-state index contributed by atoms with van der Waals surface area (Å²) in [5, 5.41) is 21.7. The first-order chi connectivity index (χ1) is 9.65. The van der Waals surface area contributed by atoms with Crippen LogP contribution in [0.4, 0.5) is 0 Å². The number of carbonyl (C=O) groups excluding carboxylic acids is 1. The molecule has 0 saturated carbocycles. The monoisotopic (exact) mass is 304 g/mol. The van der Waals surface area contributed by atoms with Crippen LogP contribution in [0.3, 0.4) is 0 Å². The maximum Gasteiger partial charge on any atom is 0.346 e. The van der Waals surface area contributed by atoms with Crippen LogP contribution >= 0.6 is 0 Å². The van der Waals surface area contributed by atoms with Crippen molar-refractivity contribution in [3.05, 3.63) is 0 Å². The smallest absolute Gasteiger partial charge is 0.346 e. The Balaban J connectivity index is 4.42. The molecule has 3 atom stereocenters. The SMILES string of the molecule is CC(C)CNCC(OC(=O)C(O)C(N)CC(C)C)C(=O)O. The number of rotatable bonds is 10. The highest BCUT2D eigenvalue weighted by Crippen LogP contribution is 2.08. The molecule has 21 heavy (non-hydrogen) atoms. The molecule has 0 spiro atoms. The summed E-state index contributed by atoms with van der Waals surface area (Å²) in [5.74, 6) is -1.70. The van der Waals surface area contributed by atoms with Crippen LogP contribution in [-0.4, -0.2) is 53.5 Å². The molecule has 7 nitrogen and oxygen atoms in total. The lowest BCUT2D eigenvalue weighted by atomic mass is 10.0. The number of carboxylic acid groups (broad SMARTS) is 1. The molecule has 0 aromatic carbocycles. The number of aliphatic hydroxyl groups excluding tert-OH is 1. The zero-order chi connectivity index (χ0) is 16.6. The standard InChI is InChI=1S/C14H28N2O5/c1-8(2)5-10(15)12(17)14(20)21-11(13(18)19)7-16-6-9(3)4/h8-12,16-17H,5-7,15H2,1-4H3,(H,18,19). The van der Waals surface area contributed by atoms with Crippen LogP contribution in [0, 0.1) is 11.8 Å². The summed E-state index contributed by atoms with van der Waals surface area (Å²) in [6.45, 7) is 8.37. The van der Waals surface area contributed by atoms with Gasteiger partial charge in [-0.2, -0.15) is 0 Å². The van der Waals surface area contributed by atoms with E-state index in [9.17, 15) is 14.7 Å². The third-order valence-corrected chi connectivity index (χ3v) is 2.81. The zero-order valence-corrected chi connectivity index (χ0v) is 13.2. The second-order valence-electron chi connectivity index (χ2n) is 6.05. The number of aliphatic hydroxyl groups is 1. The molecular formula is C14H28N2O5. The number of carboxylic acids is 1. The van der Waals surface area contributed by atoms with Crippen LogP contribution in [0.25, 0.3) is 0 Å². The van der Waals surface area contributed by atoms with E-state index in [0.717, 1.165) is 0 Å². The van der Waals surface area contributed by atoms with Crippen molar-refractivity contribution in [3.8, 4) is 0 Å². The Morgan fingerprint density at radius 3 is 2.14 bits per heavy atom. The Kier molecular flexibility index (Phi) is 9.16. The van der Waals surface area contributed by atoms with Gasteiger partial charge in [0.2, 0.25) is 6.10 Å². The van der Waals surface area contributed by atoms with Gasteiger partial charge in [0, 0.05) is 12.6 Å². The van der Waals surface area contributed by atoms with Crippen molar-refractivity contribution < 1.29 is 24.5 Å². The first-order valence-corrected chi connectivity index (χ1v) is 7.22. The molecule has 0 radical (unpaired) electrons. The minimum absolute atomic E-state index is 0.00854. The number of nitrogens with two attached hydrogens (primary N) is 1. The molecule has 0 fully saturated rings. The van der Waals surface area contributed by atoms with E-state index in [1.807, 2.05) is 27.7 Å². The van der Waals surface area contributed by atoms with Gasteiger partial charge in [0.1, 0.15) is 0 Å². The highest BCUT2D eigenvalue weighted by atomic mass is 16.6. The molecule has 3 unspecified atom stereocenters. The number of aliphatic carboxylic acids is 1. The van der Waals surface area contributed by atoms with E-state index in [-0.39, 0.29) is 12.5 Å². The lowest BCUT2D eigenvalue weighted by molar-refractivity contribution is -0.170. The van der Waals surface area contributed by atoms with Crippen molar-refractivity contribution in [2.75, 3.05) is 13.1 Å². The lowest BCUT2D eigenvalue weighted by Crippen LogP contribution is -2.46. The Bertz CT molecular complexity index is 333. The molecule has 0 rings (SSSR count). The first kappa shape index (κ1) is 19.8. The highest BCUT2D eigenvalue weighted by molar-refractivity contribution is 5.80. The van der Waals surface area contributed by atoms with E-state index >= 15 is 0 Å². The van der Waals surface area contributed by atoms with Crippen LogP contribution in [0.15, 0.2) is 0 Å². The molecule has 124 valence electrons. The molecule has 0 aromatic rings. The second-order valence-corrected chi connectivity index (χ2v) is 6.05. The van der Waals surface area contributed by atoms with Gasteiger partial charge in [0.05, 0.1) is 0 Å². The fourth-order valence-corrected chi connectivity index (χ4v) is 1.74. The third kappa shape index (κ3) is 8.64. The van der Waals surface area contributed by atoms with Crippen LogP contribution in [0.5, 0.6) is 0 Å². The number of ether oxygens (including phenoxy) is 1. The quantitative estimate of drug-likeness (QED) is 0.418. The molecule has 5 N–H and O–H groups in total. The maximum atomic E-state index is 11.7. The highest BCUT2D eigenvalue weighted by Gasteiger charge is 2.30. The van der Waals surface area contributed by atoms with E-state index in [4.69, 9.17) is 15.6 Å². The van der Waals surface area contributed by atoms with E-state index < -0.39 is 30.2 Å². The summed E-state index contributed by atoms with van der Waals surface area (Å²) in [7, 11) is 0. The summed E-state index contributed by atoms with van der Waals surface area (Å²) in [6, 6.07) is -0.768. The van der Waals surface area contributed by atoms with E-state index in [1.54, 1.807) is 0 Å². The number of nitrogens with one attached hydrogen (secondary N) is 1. The zero-order valence-electron chi connectivity index (χ0n) is 13.2. The third-order valence-electron chi connectivity index (χ3n) is 2.81. The molecule has 7 heteroatoms. The Morgan fingerprint density at radius 1 is 1.14 bits per heavy atom. The molecular weight excluding hydrogens is 276 g/mol. The molecule has 0 bridgehead atoms. The summed E-state index contributed by atoms with van der Waals surface area (Å²) < 4.78 is 4.83. The van der Waals surface area contributed by atoms with Gasteiger partial charge in [0.25, 0.3) is 0 Å². The molecule has 0 aromatic heterocycles. The minimum atomic E-state index is -1.51. The van der Waals surface area contributed by atoms with Crippen LogP contribution in [0.2, 0.25) is 0 Å². The molecule has 0 aliphatic rings. The summed E-state index contributed by atoms with van der Waals surface area (Å²) in [5.41, 5.74) is 5.70. The fourth-order valence-electron chi connectivity index (χ4n) is 1.74. The van der Waals surface area contributed by atoms with Gasteiger partial charge < -0.3 is 26.0 Å². The topological polar surface area (TPSA) is 122 Å². The van der Waals surface area contributed by atoms with Gasteiger partial charge in [-0.05, 0) is 24.8 Å². The van der Waals surface area contributed by atoms with Crippen molar-refractivity contribution in [2.24, 2.45) is 17.6 Å². The molecule has 0 amide bonds. The molecule has 0 saturated heterocycles. The van der Waals surface area contributed by atoms with Gasteiger partial charge in [-0.25, -0.2) is 9.59 Å². The Morgan fingerprint density at radius 2 is 1.71 bits per heavy atom. The average molecular weight is 304 g/mol. The maximum absolute atomic E-state index is 11.7. The lowest BCUT2D eigenvalue weighted by Gasteiger charge is -2.22.